The average Bonchev–Trinajstić information content (AvgIpc) is 2.64. The van der Waals surface area contributed by atoms with Crippen molar-refractivity contribution in [1.29, 1.82) is 0 Å². The Labute approximate surface area is 145 Å². The molecule has 0 saturated carbocycles. The van der Waals surface area contributed by atoms with E-state index in [1.54, 1.807) is 12.1 Å². The highest BCUT2D eigenvalue weighted by Crippen LogP contribution is 2.24. The highest BCUT2D eigenvalue weighted by molar-refractivity contribution is 5.88. The van der Waals surface area contributed by atoms with Crippen molar-refractivity contribution in [1.82, 2.24) is 5.43 Å². The monoisotopic (exact) mass is 332 g/mol. The highest BCUT2D eigenvalue weighted by atomic mass is 19.1. The highest BCUT2D eigenvalue weighted by Gasteiger charge is 2.22. The summed E-state index contributed by atoms with van der Waals surface area (Å²) in [4.78, 5) is 12.7. The summed E-state index contributed by atoms with van der Waals surface area (Å²) in [5.74, 6) is -1.06. The molecule has 3 nitrogen and oxygen atoms in total. The number of nitrogens with one attached hydrogen (secondary N) is 1. The van der Waals surface area contributed by atoms with Crippen molar-refractivity contribution in [3.05, 3.63) is 107 Å². The molecule has 1 N–H and O–H groups in total. The first kappa shape index (κ1) is 16.6. The molecule has 0 aliphatic heterocycles. The molecule has 124 valence electrons. The second-order valence-electron chi connectivity index (χ2n) is 5.54. The molecule has 3 aromatic rings. The molecule has 0 bridgehead atoms. The Morgan fingerprint density at radius 3 is 2.04 bits per heavy atom. The average molecular weight is 332 g/mol. The molecule has 3 aromatic carbocycles. The van der Waals surface area contributed by atoms with Gasteiger partial charge in [-0.05, 0) is 28.8 Å². The third-order valence-corrected chi connectivity index (χ3v) is 3.77. The third kappa shape index (κ3) is 4.38. The molecule has 3 rings (SSSR count). The number of halogens is 1. The smallest absolute Gasteiger partial charge is 0.252 e. The summed E-state index contributed by atoms with van der Waals surface area (Å²) < 4.78 is 13.2. The molecule has 0 saturated heterocycles. The summed E-state index contributed by atoms with van der Waals surface area (Å²) >= 11 is 0. The summed E-state index contributed by atoms with van der Waals surface area (Å²) in [7, 11) is 0. The topological polar surface area (TPSA) is 41.5 Å². The van der Waals surface area contributed by atoms with Gasteiger partial charge in [0.15, 0.2) is 0 Å². The lowest BCUT2D eigenvalue weighted by Gasteiger charge is -2.16. The van der Waals surface area contributed by atoms with Gasteiger partial charge in [-0.2, -0.15) is 5.10 Å². The van der Waals surface area contributed by atoms with Crippen LogP contribution in [0.2, 0.25) is 0 Å². The molecule has 0 aliphatic rings. The van der Waals surface area contributed by atoms with Crippen molar-refractivity contribution < 1.29 is 9.18 Å². The van der Waals surface area contributed by atoms with E-state index in [1.165, 1.54) is 18.3 Å². The maximum absolute atomic E-state index is 13.2. The van der Waals surface area contributed by atoms with E-state index >= 15 is 0 Å². The van der Waals surface area contributed by atoms with Crippen molar-refractivity contribution in [2.75, 3.05) is 0 Å². The summed E-state index contributed by atoms with van der Waals surface area (Å²) in [6, 6.07) is 25.1. The van der Waals surface area contributed by atoms with Crippen molar-refractivity contribution in [3.63, 3.8) is 0 Å². The van der Waals surface area contributed by atoms with Crippen molar-refractivity contribution in [2.24, 2.45) is 5.10 Å². The molecular formula is C21H17FN2O. The fraction of sp³-hybridized carbons (Fsp3) is 0.0476. The van der Waals surface area contributed by atoms with E-state index in [4.69, 9.17) is 0 Å². The first-order valence-electron chi connectivity index (χ1n) is 7.92. The number of hydrogen-bond donors (Lipinski definition) is 1. The van der Waals surface area contributed by atoms with Gasteiger partial charge in [0.25, 0.3) is 5.91 Å². The third-order valence-electron chi connectivity index (χ3n) is 3.77. The molecule has 0 unspecified atom stereocenters. The van der Waals surface area contributed by atoms with Crippen LogP contribution in [-0.2, 0) is 4.79 Å². The normalized spacial score (nSPS) is 11.0. The van der Waals surface area contributed by atoms with Gasteiger partial charge in [0.1, 0.15) is 5.82 Å². The lowest BCUT2D eigenvalue weighted by Crippen LogP contribution is -2.26. The van der Waals surface area contributed by atoms with Crippen LogP contribution in [0.25, 0.3) is 0 Å². The minimum absolute atomic E-state index is 0.245. The van der Waals surface area contributed by atoms with E-state index in [9.17, 15) is 9.18 Å². The fourth-order valence-electron chi connectivity index (χ4n) is 2.61. The van der Waals surface area contributed by atoms with Gasteiger partial charge in [-0.3, -0.25) is 4.79 Å². The maximum atomic E-state index is 13.2. The van der Waals surface area contributed by atoms with Crippen LogP contribution in [0.4, 0.5) is 4.39 Å². The Morgan fingerprint density at radius 1 is 0.880 bits per heavy atom. The SMILES string of the molecule is O=C(N/N=C/c1cccc(F)c1)C(c1ccccc1)c1ccccc1. The Kier molecular flexibility index (Phi) is 5.32. The Balaban J connectivity index is 1.80. The fourth-order valence-corrected chi connectivity index (χ4v) is 2.61. The number of nitrogens with zero attached hydrogens (tertiary/aromatic N) is 1. The number of rotatable bonds is 5. The van der Waals surface area contributed by atoms with Gasteiger partial charge in [-0.25, -0.2) is 9.82 Å². The van der Waals surface area contributed by atoms with Gasteiger partial charge in [0.2, 0.25) is 0 Å². The van der Waals surface area contributed by atoms with Gasteiger partial charge >= 0.3 is 0 Å². The van der Waals surface area contributed by atoms with Crippen LogP contribution in [0.3, 0.4) is 0 Å². The van der Waals surface area contributed by atoms with E-state index < -0.39 is 5.92 Å². The Bertz CT molecular complexity index is 824. The molecule has 0 aliphatic carbocycles. The maximum Gasteiger partial charge on any atom is 0.252 e. The minimum Gasteiger partial charge on any atom is -0.272 e. The zero-order valence-corrected chi connectivity index (χ0v) is 13.5. The number of carbonyl (C=O) groups excluding carboxylic acids is 1. The van der Waals surface area contributed by atoms with Gasteiger partial charge in [-0.1, -0.05) is 72.8 Å². The van der Waals surface area contributed by atoms with Crippen LogP contribution in [0.5, 0.6) is 0 Å². The quantitative estimate of drug-likeness (QED) is 0.554. The Hall–Kier alpha value is -3.27. The first-order valence-corrected chi connectivity index (χ1v) is 7.92. The minimum atomic E-state index is -0.466. The van der Waals surface area contributed by atoms with Crippen LogP contribution in [0.1, 0.15) is 22.6 Å². The lowest BCUT2D eigenvalue weighted by atomic mass is 9.91. The number of carbonyl (C=O) groups is 1. The number of benzene rings is 3. The molecule has 0 heterocycles. The molecule has 0 fully saturated rings. The summed E-state index contributed by atoms with van der Waals surface area (Å²) in [5.41, 5.74) is 4.90. The van der Waals surface area contributed by atoms with Gasteiger partial charge in [-0.15, -0.1) is 0 Å². The summed E-state index contributed by atoms with van der Waals surface area (Å²) in [6.45, 7) is 0. The molecule has 25 heavy (non-hydrogen) atoms. The van der Waals surface area contributed by atoms with E-state index in [0.29, 0.717) is 5.56 Å². The molecular weight excluding hydrogens is 315 g/mol. The van der Waals surface area contributed by atoms with Crippen molar-refractivity contribution in [3.8, 4) is 0 Å². The summed E-state index contributed by atoms with van der Waals surface area (Å²) in [6.07, 6.45) is 1.42. The number of amides is 1. The summed E-state index contributed by atoms with van der Waals surface area (Å²) in [5, 5.41) is 3.96. The van der Waals surface area contributed by atoms with Crippen LogP contribution >= 0.6 is 0 Å². The van der Waals surface area contributed by atoms with Crippen LogP contribution in [0.15, 0.2) is 90.0 Å². The van der Waals surface area contributed by atoms with Crippen molar-refractivity contribution in [2.45, 2.75) is 5.92 Å². The lowest BCUT2D eigenvalue weighted by molar-refractivity contribution is -0.121. The molecule has 0 radical (unpaired) electrons. The zero-order valence-electron chi connectivity index (χ0n) is 13.5. The predicted octanol–water partition coefficient (Wildman–Crippen LogP) is 4.11. The van der Waals surface area contributed by atoms with Crippen LogP contribution in [0, 0.1) is 5.82 Å². The van der Waals surface area contributed by atoms with Crippen molar-refractivity contribution >= 4 is 12.1 Å². The molecule has 0 spiro atoms. The van der Waals surface area contributed by atoms with Gasteiger partial charge < -0.3 is 0 Å². The number of hydrazone groups is 1. The molecule has 0 atom stereocenters. The molecule has 4 heteroatoms. The van der Waals surface area contributed by atoms with Crippen LogP contribution < -0.4 is 5.43 Å². The standard InChI is InChI=1S/C21H17FN2O/c22-19-13-7-8-16(14-19)15-23-24-21(25)20(17-9-3-1-4-10-17)18-11-5-2-6-12-18/h1-15,20H,(H,24,25)/b23-15+. The van der Waals surface area contributed by atoms with E-state index in [0.717, 1.165) is 11.1 Å². The predicted molar refractivity (Wildman–Crippen MR) is 96.9 cm³/mol. The van der Waals surface area contributed by atoms with E-state index in [1.807, 2.05) is 60.7 Å². The second-order valence-corrected chi connectivity index (χ2v) is 5.54. The van der Waals surface area contributed by atoms with E-state index in [-0.39, 0.29) is 11.7 Å². The molecule has 1 amide bonds. The van der Waals surface area contributed by atoms with E-state index in [2.05, 4.69) is 10.5 Å². The zero-order chi connectivity index (χ0) is 17.5. The largest absolute Gasteiger partial charge is 0.272 e. The number of hydrogen-bond acceptors (Lipinski definition) is 2. The second kappa shape index (κ2) is 8.02. The van der Waals surface area contributed by atoms with Gasteiger partial charge in [0, 0.05) is 0 Å². The van der Waals surface area contributed by atoms with Gasteiger partial charge in [0.05, 0.1) is 12.1 Å². The van der Waals surface area contributed by atoms with Crippen LogP contribution in [-0.4, -0.2) is 12.1 Å². The first-order chi connectivity index (χ1) is 12.2. The molecule has 0 aromatic heterocycles. The Morgan fingerprint density at radius 2 is 1.48 bits per heavy atom.